The van der Waals surface area contributed by atoms with Gasteiger partial charge in [-0.1, -0.05) is 0 Å². The number of carbonyl (C=O) groups is 1. The minimum atomic E-state index is -0.185. The minimum absolute atomic E-state index is 0. The second-order valence-corrected chi connectivity index (χ2v) is 4.81. The van der Waals surface area contributed by atoms with Crippen LogP contribution in [0.2, 0.25) is 0 Å². The highest BCUT2D eigenvalue weighted by atomic mass is 16.5. The van der Waals surface area contributed by atoms with E-state index in [1.165, 1.54) is 0 Å². The minimum Gasteiger partial charge on any atom is -0.371 e. The molecule has 1 amide bonds. The molecule has 0 aliphatic carbocycles. The summed E-state index contributed by atoms with van der Waals surface area (Å²) in [7, 11) is 0. The van der Waals surface area contributed by atoms with Crippen molar-refractivity contribution < 1.29 is 11.0 Å². The van der Waals surface area contributed by atoms with E-state index in [9.17, 15) is 4.79 Å². The molecule has 0 saturated heterocycles. The lowest BCUT2D eigenvalue weighted by atomic mass is 10.2. The molecule has 0 saturated carbocycles. The van der Waals surface area contributed by atoms with Gasteiger partial charge in [0.1, 0.15) is 5.69 Å². The normalized spacial score (nSPS) is 11.3. The Morgan fingerprint density at radius 3 is 2.82 bits per heavy atom. The highest BCUT2D eigenvalue weighted by molar-refractivity contribution is 5.92. The van der Waals surface area contributed by atoms with Gasteiger partial charge in [0.25, 0.3) is 5.91 Å². The fourth-order valence-corrected chi connectivity index (χ4v) is 1.24. The fraction of sp³-hybridized carbons (Fsp3) is 0.538. The molecule has 0 spiro atoms. The topological polar surface area (TPSA) is 51.2 Å². The number of nitrogens with one attached hydrogen (secondary N) is 1. The predicted molar refractivity (Wildman–Crippen MR) is 68.9 cm³/mol. The average molecular weight is 238 g/mol. The number of rotatable bonds is 4. The number of hydrogen-bond donors (Lipinski definition) is 1. The van der Waals surface area contributed by atoms with Crippen molar-refractivity contribution in [2.24, 2.45) is 0 Å². The predicted octanol–water partition coefficient (Wildman–Crippen LogP) is 2.39. The maximum atomic E-state index is 11.6. The van der Waals surface area contributed by atoms with Crippen molar-refractivity contribution >= 4 is 5.91 Å². The molecular weight excluding hydrogens is 216 g/mol. The van der Waals surface area contributed by atoms with Gasteiger partial charge in [0, 0.05) is 14.2 Å². The first-order valence-corrected chi connectivity index (χ1v) is 5.79. The summed E-state index contributed by atoms with van der Waals surface area (Å²) in [4.78, 5) is 15.6. The first-order chi connectivity index (χ1) is 7.92. The molecule has 1 heterocycles. The van der Waals surface area contributed by atoms with Crippen molar-refractivity contribution in [3.05, 3.63) is 29.6 Å². The van der Waals surface area contributed by atoms with Crippen molar-refractivity contribution in [2.75, 3.05) is 6.54 Å². The zero-order chi connectivity index (χ0) is 12.9. The molecule has 4 nitrogen and oxygen atoms in total. The molecule has 0 aliphatic heterocycles. The second kappa shape index (κ2) is 5.77. The second-order valence-electron chi connectivity index (χ2n) is 4.81. The Kier molecular flexibility index (Phi) is 4.63. The van der Waals surface area contributed by atoms with Gasteiger partial charge in [-0.3, -0.25) is 9.78 Å². The molecule has 0 atom stereocenters. The Bertz CT molecular complexity index is 389. The van der Waals surface area contributed by atoms with Gasteiger partial charge in [-0.2, -0.15) is 0 Å². The third kappa shape index (κ3) is 4.95. The number of pyridine rings is 1. The van der Waals surface area contributed by atoms with Gasteiger partial charge < -0.3 is 10.1 Å². The molecule has 1 aromatic rings. The third-order valence-corrected chi connectivity index (χ3v) is 2.07. The molecule has 96 valence electrons. The largest absolute Gasteiger partial charge is 0.371 e. The number of ether oxygens (including phenoxy) is 1. The van der Waals surface area contributed by atoms with Crippen LogP contribution in [0.4, 0.5) is 0 Å². The molecule has 0 aliphatic rings. The first-order valence-electron chi connectivity index (χ1n) is 5.79. The lowest BCUT2D eigenvalue weighted by molar-refractivity contribution is -0.0150. The maximum Gasteiger partial charge on any atom is 0.269 e. The Balaban J connectivity index is 0.00000289. The SMILES string of the molecule is CCNC(=O)c1cc(COC(C)(C)C)ccn1.[HH]. The Morgan fingerprint density at radius 1 is 1.53 bits per heavy atom. The average Bonchev–Trinajstić information content (AvgIpc) is 2.26. The fourth-order valence-electron chi connectivity index (χ4n) is 1.24. The first kappa shape index (κ1) is 13.6. The Morgan fingerprint density at radius 2 is 2.24 bits per heavy atom. The van der Waals surface area contributed by atoms with Crippen molar-refractivity contribution in [3.63, 3.8) is 0 Å². The van der Waals surface area contributed by atoms with Crippen LogP contribution in [0, 0.1) is 0 Å². The van der Waals surface area contributed by atoms with E-state index in [4.69, 9.17) is 4.74 Å². The zero-order valence-corrected chi connectivity index (χ0v) is 10.9. The summed E-state index contributed by atoms with van der Waals surface area (Å²) < 4.78 is 5.65. The quantitative estimate of drug-likeness (QED) is 0.876. The van der Waals surface area contributed by atoms with Crippen molar-refractivity contribution in [2.45, 2.75) is 39.9 Å². The highest BCUT2D eigenvalue weighted by Crippen LogP contribution is 2.12. The van der Waals surface area contributed by atoms with Crippen LogP contribution in [-0.2, 0) is 11.3 Å². The molecule has 17 heavy (non-hydrogen) atoms. The van der Waals surface area contributed by atoms with E-state index in [2.05, 4.69) is 10.3 Å². The standard InChI is InChI=1S/C13H20N2O2.H2/c1-5-14-12(16)11-8-10(6-7-15-11)9-17-13(2,3)4;/h6-8H,5,9H2,1-4H3,(H,14,16);1H. The van der Waals surface area contributed by atoms with Crippen LogP contribution in [0.25, 0.3) is 0 Å². The number of carbonyl (C=O) groups excluding carboxylic acids is 1. The number of nitrogens with zero attached hydrogens (tertiary/aromatic N) is 1. The summed E-state index contributed by atoms with van der Waals surface area (Å²) in [6, 6.07) is 3.62. The third-order valence-electron chi connectivity index (χ3n) is 2.07. The number of amides is 1. The summed E-state index contributed by atoms with van der Waals surface area (Å²) in [6.07, 6.45) is 1.63. The van der Waals surface area contributed by atoms with Gasteiger partial charge >= 0.3 is 0 Å². The lowest BCUT2D eigenvalue weighted by Crippen LogP contribution is -2.24. The maximum absolute atomic E-state index is 11.6. The lowest BCUT2D eigenvalue weighted by Gasteiger charge is -2.19. The van der Waals surface area contributed by atoms with Crippen LogP contribution in [-0.4, -0.2) is 23.0 Å². The van der Waals surface area contributed by atoms with Crippen LogP contribution < -0.4 is 5.32 Å². The van der Waals surface area contributed by atoms with Gasteiger partial charge in [-0.05, 0) is 45.4 Å². The summed E-state index contributed by atoms with van der Waals surface area (Å²) in [6.45, 7) is 8.96. The molecule has 4 heteroatoms. The van der Waals surface area contributed by atoms with Crippen LogP contribution >= 0.6 is 0 Å². The zero-order valence-electron chi connectivity index (χ0n) is 10.9. The Hall–Kier alpha value is -1.42. The molecule has 1 aromatic heterocycles. The van der Waals surface area contributed by atoms with E-state index in [0.29, 0.717) is 18.8 Å². The molecule has 0 aromatic carbocycles. The Labute approximate surface area is 104 Å². The molecule has 0 radical (unpaired) electrons. The van der Waals surface area contributed by atoms with Gasteiger partial charge in [0.15, 0.2) is 0 Å². The summed E-state index contributed by atoms with van der Waals surface area (Å²) >= 11 is 0. The van der Waals surface area contributed by atoms with Crippen molar-refractivity contribution in [1.82, 2.24) is 10.3 Å². The van der Waals surface area contributed by atoms with Gasteiger partial charge in [0.05, 0.1) is 12.2 Å². The molecule has 0 bridgehead atoms. The van der Waals surface area contributed by atoms with Crippen LogP contribution in [0.15, 0.2) is 18.3 Å². The van der Waals surface area contributed by atoms with Crippen LogP contribution in [0.5, 0.6) is 0 Å². The van der Waals surface area contributed by atoms with E-state index < -0.39 is 0 Å². The highest BCUT2D eigenvalue weighted by Gasteiger charge is 2.11. The van der Waals surface area contributed by atoms with Crippen molar-refractivity contribution in [1.29, 1.82) is 0 Å². The molecule has 0 fully saturated rings. The van der Waals surface area contributed by atoms with E-state index >= 15 is 0 Å². The summed E-state index contributed by atoms with van der Waals surface area (Å²) in [5.74, 6) is -0.148. The molecule has 0 unspecified atom stereocenters. The van der Waals surface area contributed by atoms with E-state index in [-0.39, 0.29) is 12.9 Å². The molecule has 1 rings (SSSR count). The van der Waals surface area contributed by atoms with Gasteiger partial charge in [0.2, 0.25) is 0 Å². The van der Waals surface area contributed by atoms with Gasteiger partial charge in [-0.25, -0.2) is 0 Å². The number of aromatic nitrogens is 1. The van der Waals surface area contributed by atoms with E-state index in [1.807, 2.05) is 33.8 Å². The number of hydrogen-bond acceptors (Lipinski definition) is 3. The smallest absolute Gasteiger partial charge is 0.269 e. The summed E-state index contributed by atoms with van der Waals surface area (Å²) in [5.41, 5.74) is 1.20. The van der Waals surface area contributed by atoms with Crippen molar-refractivity contribution in [3.8, 4) is 0 Å². The monoisotopic (exact) mass is 238 g/mol. The van der Waals surface area contributed by atoms with Crippen LogP contribution in [0.1, 0.15) is 45.2 Å². The van der Waals surface area contributed by atoms with E-state index in [1.54, 1.807) is 12.3 Å². The van der Waals surface area contributed by atoms with Gasteiger partial charge in [-0.15, -0.1) is 0 Å². The van der Waals surface area contributed by atoms with Crippen LogP contribution in [0.3, 0.4) is 0 Å². The molecular formula is C13H22N2O2. The van der Waals surface area contributed by atoms with E-state index in [0.717, 1.165) is 5.56 Å². The molecule has 1 N–H and O–H groups in total. The summed E-state index contributed by atoms with van der Waals surface area (Å²) in [5, 5.41) is 2.72.